The number of hydrogen-bond acceptors (Lipinski definition) is 6. The van der Waals surface area contributed by atoms with Crippen molar-refractivity contribution in [1.82, 2.24) is 0 Å². The fourth-order valence-corrected chi connectivity index (χ4v) is 3.01. The van der Waals surface area contributed by atoms with Gasteiger partial charge in [-0.25, -0.2) is 0 Å². The Labute approximate surface area is 260 Å². The Kier molecular flexibility index (Phi) is 22.8. The van der Waals surface area contributed by atoms with Crippen molar-refractivity contribution in [2.75, 3.05) is 22.9 Å². The van der Waals surface area contributed by atoms with E-state index in [1.165, 1.54) is 22.3 Å². The molecule has 16 N–H and O–H groups in total. The molecule has 11 heteroatoms. The Bertz CT molecular complexity index is 1060. The molecule has 0 aromatic heterocycles. The van der Waals surface area contributed by atoms with Crippen LogP contribution in [0, 0.1) is 0 Å². The van der Waals surface area contributed by atoms with Gasteiger partial charge < -0.3 is 44.1 Å². The Balaban J connectivity index is -0.000000529. The molecule has 0 unspecified atom stereocenters. The van der Waals surface area contributed by atoms with Gasteiger partial charge in [0, 0.05) is 36.6 Å². The first-order valence-electron chi connectivity index (χ1n) is 11.7. The number of hydrogen-bond donors (Lipinski definition) is 6. The fourth-order valence-electron chi connectivity index (χ4n) is 3.01. The molecule has 0 heterocycles. The van der Waals surface area contributed by atoms with E-state index < -0.39 is 11.9 Å². The molecule has 4 aromatic rings. The molecule has 0 aliphatic rings. The van der Waals surface area contributed by atoms with E-state index in [9.17, 15) is 0 Å². The van der Waals surface area contributed by atoms with Gasteiger partial charge in [0.15, 0.2) is 0 Å². The summed E-state index contributed by atoms with van der Waals surface area (Å²) in [5.41, 5.74) is 30.7. The fraction of sp³-hybridized carbons (Fsp3) is 0.133. The molecule has 4 rings (SSSR count). The van der Waals surface area contributed by atoms with Crippen LogP contribution >= 0.6 is 0 Å². The Morgan fingerprint density at radius 1 is 0.463 bits per heavy atom. The van der Waals surface area contributed by atoms with Gasteiger partial charge in [-0.15, -0.1) is 0 Å². The number of carbonyl (C=O) groups is 2. The number of benzene rings is 4. The van der Waals surface area contributed by atoms with Gasteiger partial charge in [-0.1, -0.05) is 48.5 Å². The molecule has 4 aromatic carbocycles. The monoisotopic (exact) mass is 668 g/mol. The van der Waals surface area contributed by atoms with Gasteiger partial charge in [-0.2, -0.15) is 0 Å². The first kappa shape index (κ1) is 41.3. The quantitative estimate of drug-likeness (QED) is 0.107. The van der Waals surface area contributed by atoms with E-state index in [0.29, 0.717) is 0 Å². The number of nitrogens with two attached hydrogens (primary N) is 4. The molecule has 41 heavy (non-hydrogen) atoms. The van der Waals surface area contributed by atoms with Crippen LogP contribution in [0.15, 0.2) is 97.1 Å². The van der Waals surface area contributed by atoms with E-state index in [1.54, 1.807) is 0 Å². The van der Waals surface area contributed by atoms with E-state index in [0.717, 1.165) is 49.4 Å². The number of aliphatic carboxylic acids is 2. The van der Waals surface area contributed by atoms with Crippen LogP contribution in [-0.4, -0.2) is 22.2 Å². The van der Waals surface area contributed by atoms with Crippen molar-refractivity contribution >= 4 is 34.7 Å². The van der Waals surface area contributed by atoms with Gasteiger partial charge in [0.05, 0.1) is 0 Å². The van der Waals surface area contributed by atoms with Crippen molar-refractivity contribution < 1.29 is 58.1 Å². The molecule has 0 fully saturated rings. The zero-order valence-corrected chi connectivity index (χ0v) is 27.6. The van der Waals surface area contributed by atoms with Crippen LogP contribution < -0.4 is 22.9 Å². The smallest absolute Gasteiger partial charge is 0.481 e. The summed E-state index contributed by atoms with van der Waals surface area (Å²) >= 11 is 0. The third kappa shape index (κ3) is 21.4. The number of anilines is 4. The third-order valence-electron chi connectivity index (χ3n) is 4.74. The molecule has 0 radical (unpaired) electrons. The van der Waals surface area contributed by atoms with Crippen molar-refractivity contribution in [2.45, 2.75) is 26.7 Å². The summed E-state index contributed by atoms with van der Waals surface area (Å²) in [5, 5.41) is 14.8. The topological polar surface area (TPSA) is 245 Å². The Morgan fingerprint density at radius 3 is 0.707 bits per heavy atom. The molecule has 10 nitrogen and oxygen atoms in total. The van der Waals surface area contributed by atoms with Gasteiger partial charge >= 0.3 is 27.3 Å². The zero-order chi connectivity index (χ0) is 28.5. The van der Waals surface area contributed by atoms with Crippen molar-refractivity contribution in [3.8, 4) is 0 Å². The number of rotatable bonds is 4. The first-order valence-corrected chi connectivity index (χ1v) is 11.7. The van der Waals surface area contributed by atoms with Crippen LogP contribution in [0.1, 0.15) is 36.1 Å². The Morgan fingerprint density at radius 2 is 0.585 bits per heavy atom. The average molecular weight is 667 g/mol. The van der Waals surface area contributed by atoms with Crippen molar-refractivity contribution in [3.63, 3.8) is 0 Å². The van der Waals surface area contributed by atoms with Crippen LogP contribution in [0.25, 0.3) is 0 Å². The van der Waals surface area contributed by atoms with Gasteiger partial charge in [0.25, 0.3) is 11.9 Å². The molecular formula is C30H42CdN4O6+4. The molecule has 216 valence electrons. The minimum atomic E-state index is -0.833. The summed E-state index contributed by atoms with van der Waals surface area (Å²) in [4.78, 5) is 18.0. The minimum absolute atomic E-state index is 0. The maximum Gasteiger partial charge on any atom is 2.00 e. The van der Waals surface area contributed by atoms with E-state index >= 15 is 0 Å². The summed E-state index contributed by atoms with van der Waals surface area (Å²) in [5.74, 6) is -1.67. The van der Waals surface area contributed by atoms with E-state index in [2.05, 4.69) is 0 Å². The molecule has 0 amide bonds. The standard InChI is InChI=1S/2C13H14N2.2C2H4O2.Cd.2H2O/c2*14-12-5-1-10(2-6-12)9-11-3-7-13(15)8-4-11;2*1-2(3)4;;;/h2*1-8H,9,14-15H2;2*1H3,(H,3,4);;2*1H2/q;;;;+2;;/p+2. The predicted octanol–water partition coefficient (Wildman–Crippen LogP) is 3.22. The van der Waals surface area contributed by atoms with Crippen LogP contribution in [0.5, 0.6) is 0 Å². The molecule has 0 aliphatic carbocycles. The van der Waals surface area contributed by atoms with Gasteiger partial charge in [0.1, 0.15) is 0 Å². The minimum Gasteiger partial charge on any atom is -0.481 e. The van der Waals surface area contributed by atoms with Crippen LogP contribution in [0.3, 0.4) is 0 Å². The van der Waals surface area contributed by atoms with E-state index in [-0.39, 0.29) is 38.3 Å². The van der Waals surface area contributed by atoms with Gasteiger partial charge in [-0.3, -0.25) is 9.59 Å². The second kappa shape index (κ2) is 22.7. The molecule has 0 saturated carbocycles. The van der Waals surface area contributed by atoms with E-state index in [4.69, 9.17) is 42.7 Å². The summed E-state index contributed by atoms with van der Waals surface area (Å²) in [6.07, 6.45) is 1.83. The number of carboxylic acid groups (broad SMARTS) is 2. The zero-order valence-electron chi connectivity index (χ0n) is 23.5. The normalized spacial score (nSPS) is 8.63. The SMILES string of the molecule is CC(=O)O.CC(=O)O.Nc1ccc(Cc2ccc(N)cc2)cc1.Nc1ccc(Cc2ccc(N)cc2)cc1.[Cd+2].[OH3+].[OH3+]. The van der Waals surface area contributed by atoms with Crippen LogP contribution in [0.4, 0.5) is 22.7 Å². The van der Waals surface area contributed by atoms with Gasteiger partial charge in [-0.05, 0) is 83.6 Å². The molecule has 0 aliphatic heterocycles. The van der Waals surface area contributed by atoms with Crippen molar-refractivity contribution in [3.05, 3.63) is 119 Å². The average Bonchev–Trinajstić information content (AvgIpc) is 2.85. The Hall–Kier alpha value is -4.14. The molecule has 0 spiro atoms. The van der Waals surface area contributed by atoms with Crippen molar-refractivity contribution in [2.24, 2.45) is 0 Å². The summed E-state index contributed by atoms with van der Waals surface area (Å²) in [6.45, 7) is 2.17. The van der Waals surface area contributed by atoms with Gasteiger partial charge in [0.2, 0.25) is 0 Å². The molecule has 0 bridgehead atoms. The number of nitrogen functional groups attached to an aromatic ring is 4. The molecular weight excluding hydrogens is 625 g/mol. The molecule has 0 saturated heterocycles. The van der Waals surface area contributed by atoms with Crippen LogP contribution in [0.2, 0.25) is 0 Å². The maximum absolute atomic E-state index is 9.00. The number of carboxylic acids is 2. The second-order valence-corrected chi connectivity index (χ2v) is 8.36. The maximum atomic E-state index is 9.00. The first-order chi connectivity index (χ1) is 17.9. The molecule has 0 atom stereocenters. The summed E-state index contributed by atoms with van der Waals surface area (Å²) in [7, 11) is 0. The van der Waals surface area contributed by atoms with Crippen LogP contribution in [-0.2, 0) is 60.7 Å². The second-order valence-electron chi connectivity index (χ2n) is 8.36. The predicted molar refractivity (Wildman–Crippen MR) is 165 cm³/mol. The largest absolute Gasteiger partial charge is 2.00 e. The third-order valence-corrected chi connectivity index (χ3v) is 4.74. The van der Waals surface area contributed by atoms with E-state index in [1.807, 2.05) is 97.1 Å². The van der Waals surface area contributed by atoms with Crippen molar-refractivity contribution in [1.29, 1.82) is 0 Å². The summed E-state index contributed by atoms with van der Waals surface area (Å²) < 4.78 is 0. The summed E-state index contributed by atoms with van der Waals surface area (Å²) in [6, 6.07) is 31.8.